The van der Waals surface area contributed by atoms with Gasteiger partial charge in [0.2, 0.25) is 0 Å². The van der Waals surface area contributed by atoms with Crippen molar-refractivity contribution in [2.45, 2.75) is 30.7 Å². The second kappa shape index (κ2) is 5.68. The van der Waals surface area contributed by atoms with Crippen molar-refractivity contribution in [2.24, 2.45) is 0 Å². The zero-order valence-corrected chi connectivity index (χ0v) is 12.4. The quantitative estimate of drug-likeness (QED) is 0.359. The first-order valence-corrected chi connectivity index (χ1v) is 6.97. The number of halogens is 3. The molecule has 1 aromatic rings. The lowest BCUT2D eigenvalue weighted by atomic mass is 10.2. The minimum atomic E-state index is -4.46. The topological polar surface area (TPSA) is 52.6 Å². The molecule has 0 aromatic heterocycles. The summed E-state index contributed by atoms with van der Waals surface area (Å²) in [7, 11) is 0. The fourth-order valence-electron chi connectivity index (χ4n) is 1.63. The van der Waals surface area contributed by atoms with Gasteiger partial charge in [0.05, 0.1) is 5.56 Å². The monoisotopic (exact) mass is 332 g/mol. The Morgan fingerprint density at radius 1 is 1.14 bits per heavy atom. The first-order valence-electron chi connectivity index (χ1n) is 6.09. The Balaban J connectivity index is 2.19. The molecule has 1 aliphatic rings. The molecule has 1 fully saturated rings. The van der Waals surface area contributed by atoms with E-state index in [0.717, 1.165) is 29.3 Å². The van der Waals surface area contributed by atoms with Crippen molar-refractivity contribution < 1.29 is 32.2 Å². The molecule has 0 unspecified atom stereocenters. The summed E-state index contributed by atoms with van der Waals surface area (Å²) in [5.74, 6) is -3.10. The Hall–Kier alpha value is -1.96. The third kappa shape index (κ3) is 3.82. The lowest BCUT2D eigenvalue weighted by molar-refractivity contribution is -0.222. The zero-order chi connectivity index (χ0) is 16.5. The van der Waals surface area contributed by atoms with Crippen LogP contribution in [0.25, 0.3) is 0 Å². The molecule has 0 atom stereocenters. The van der Waals surface area contributed by atoms with Gasteiger partial charge in [-0.3, -0.25) is 0 Å². The number of ether oxygens (including phenoxy) is 2. The molecule has 22 heavy (non-hydrogen) atoms. The van der Waals surface area contributed by atoms with E-state index in [1.165, 1.54) is 26.0 Å². The number of cyclic esters (lactones) is 2. The minimum absolute atomic E-state index is 0.229. The Morgan fingerprint density at radius 3 is 2.27 bits per heavy atom. The van der Waals surface area contributed by atoms with E-state index >= 15 is 0 Å². The number of thioether (sulfide) groups is 1. The molecule has 0 aliphatic carbocycles. The molecule has 0 bridgehead atoms. The van der Waals surface area contributed by atoms with Crippen LogP contribution in [-0.4, -0.2) is 17.7 Å². The van der Waals surface area contributed by atoms with Crippen LogP contribution in [0.5, 0.6) is 0 Å². The molecule has 0 spiro atoms. The maximum absolute atomic E-state index is 12.6. The van der Waals surface area contributed by atoms with Crippen molar-refractivity contribution in [2.75, 3.05) is 0 Å². The Kier molecular flexibility index (Phi) is 4.23. The van der Waals surface area contributed by atoms with Gasteiger partial charge in [0.1, 0.15) is 0 Å². The molecule has 1 aromatic carbocycles. The van der Waals surface area contributed by atoms with Crippen LogP contribution < -0.4 is 0 Å². The highest BCUT2D eigenvalue weighted by Gasteiger charge is 2.39. The summed E-state index contributed by atoms with van der Waals surface area (Å²) in [6.07, 6.45) is -4.46. The molecule has 1 heterocycles. The van der Waals surface area contributed by atoms with Gasteiger partial charge in [-0.1, -0.05) is 17.8 Å². The minimum Gasteiger partial charge on any atom is -0.419 e. The van der Waals surface area contributed by atoms with Gasteiger partial charge >= 0.3 is 18.1 Å². The lowest BCUT2D eigenvalue weighted by Crippen LogP contribution is -2.41. The van der Waals surface area contributed by atoms with E-state index in [1.54, 1.807) is 0 Å². The van der Waals surface area contributed by atoms with Crippen LogP contribution in [0.4, 0.5) is 13.2 Å². The normalized spacial score (nSPS) is 17.8. The van der Waals surface area contributed by atoms with Crippen molar-refractivity contribution in [1.29, 1.82) is 0 Å². The van der Waals surface area contributed by atoms with E-state index in [0.29, 0.717) is 0 Å². The molecule has 0 amide bonds. The van der Waals surface area contributed by atoms with Gasteiger partial charge in [0, 0.05) is 18.7 Å². The molecular formula is C14H11F3O4S. The summed E-state index contributed by atoms with van der Waals surface area (Å²) < 4.78 is 47.6. The average molecular weight is 332 g/mol. The number of esters is 2. The second-order valence-electron chi connectivity index (χ2n) is 4.85. The summed E-state index contributed by atoms with van der Waals surface area (Å²) in [5, 5.41) is 1.12. The predicted molar refractivity (Wildman–Crippen MR) is 71.6 cm³/mol. The summed E-state index contributed by atoms with van der Waals surface area (Å²) in [5.41, 5.74) is -1.17. The predicted octanol–water partition coefficient (Wildman–Crippen LogP) is 3.52. The smallest absolute Gasteiger partial charge is 0.416 e. The van der Waals surface area contributed by atoms with Crippen molar-refractivity contribution in [3.05, 3.63) is 40.8 Å². The summed E-state index contributed by atoms with van der Waals surface area (Å²) in [6, 6.07) is 4.53. The van der Waals surface area contributed by atoms with Crippen LogP contribution in [0.1, 0.15) is 19.4 Å². The third-order valence-corrected chi connectivity index (χ3v) is 3.47. The lowest BCUT2D eigenvalue weighted by Gasteiger charge is -2.29. The molecule has 8 heteroatoms. The molecule has 0 radical (unpaired) electrons. The van der Waals surface area contributed by atoms with Crippen LogP contribution >= 0.6 is 11.8 Å². The molecule has 1 aliphatic heterocycles. The number of rotatable bonds is 2. The zero-order valence-electron chi connectivity index (χ0n) is 11.6. The van der Waals surface area contributed by atoms with E-state index in [1.807, 2.05) is 0 Å². The van der Waals surface area contributed by atoms with Gasteiger partial charge in [-0.2, -0.15) is 13.2 Å². The number of hydrogen-bond acceptors (Lipinski definition) is 5. The fourth-order valence-corrected chi connectivity index (χ4v) is 2.43. The van der Waals surface area contributed by atoms with Gasteiger partial charge in [0.15, 0.2) is 5.57 Å². The standard InChI is InChI=1S/C14H11F3O4S/c1-13(2)20-11(18)10(12(19)21-13)7-22-9-5-3-4-8(6-9)14(15,16)17/h3-7H,1-2H3. The van der Waals surface area contributed by atoms with Crippen LogP contribution in [0.2, 0.25) is 0 Å². The van der Waals surface area contributed by atoms with Gasteiger partial charge in [-0.25, -0.2) is 9.59 Å². The maximum atomic E-state index is 12.6. The van der Waals surface area contributed by atoms with E-state index in [2.05, 4.69) is 0 Å². The molecule has 0 saturated carbocycles. The second-order valence-corrected chi connectivity index (χ2v) is 5.80. The third-order valence-electron chi connectivity index (χ3n) is 2.59. The fraction of sp³-hybridized carbons (Fsp3) is 0.286. The van der Waals surface area contributed by atoms with Crippen molar-refractivity contribution in [1.82, 2.24) is 0 Å². The number of benzene rings is 1. The highest BCUT2D eigenvalue weighted by molar-refractivity contribution is 8.02. The highest BCUT2D eigenvalue weighted by Crippen LogP contribution is 2.33. The summed E-state index contributed by atoms with van der Waals surface area (Å²) >= 11 is 0.801. The first-order chi connectivity index (χ1) is 10.1. The SMILES string of the molecule is CC1(C)OC(=O)C(=CSc2cccc(C(F)(F)F)c2)C(=O)O1. The number of alkyl halides is 3. The molecule has 4 nitrogen and oxygen atoms in total. The highest BCUT2D eigenvalue weighted by atomic mass is 32.2. The van der Waals surface area contributed by atoms with Gasteiger partial charge in [0.25, 0.3) is 5.79 Å². The average Bonchev–Trinajstić information content (AvgIpc) is 2.35. The van der Waals surface area contributed by atoms with Crippen LogP contribution in [-0.2, 0) is 25.2 Å². The van der Waals surface area contributed by atoms with Crippen LogP contribution in [0, 0.1) is 0 Å². The van der Waals surface area contributed by atoms with Crippen LogP contribution in [0.3, 0.4) is 0 Å². The van der Waals surface area contributed by atoms with Gasteiger partial charge < -0.3 is 9.47 Å². The van der Waals surface area contributed by atoms with Crippen molar-refractivity contribution in [3.8, 4) is 0 Å². The number of carbonyl (C=O) groups excluding carboxylic acids is 2. The van der Waals surface area contributed by atoms with Crippen molar-refractivity contribution in [3.63, 3.8) is 0 Å². The Bertz CT molecular complexity index is 628. The van der Waals surface area contributed by atoms with E-state index in [9.17, 15) is 22.8 Å². The molecule has 1 saturated heterocycles. The Labute approximate surface area is 128 Å². The number of carbonyl (C=O) groups is 2. The van der Waals surface area contributed by atoms with Crippen molar-refractivity contribution >= 4 is 23.7 Å². The van der Waals surface area contributed by atoms with Crippen LogP contribution in [0.15, 0.2) is 40.1 Å². The summed E-state index contributed by atoms with van der Waals surface area (Å²) in [4.78, 5) is 23.6. The van der Waals surface area contributed by atoms with E-state index in [4.69, 9.17) is 9.47 Å². The van der Waals surface area contributed by atoms with Gasteiger partial charge in [-0.05, 0) is 23.6 Å². The molecule has 2 rings (SSSR count). The Morgan fingerprint density at radius 2 is 1.73 bits per heavy atom. The van der Waals surface area contributed by atoms with Gasteiger partial charge in [-0.15, -0.1) is 0 Å². The van der Waals surface area contributed by atoms with E-state index in [-0.39, 0.29) is 10.5 Å². The first kappa shape index (κ1) is 16.4. The largest absolute Gasteiger partial charge is 0.419 e. The molecular weight excluding hydrogens is 321 g/mol. The maximum Gasteiger partial charge on any atom is 0.416 e. The van der Waals surface area contributed by atoms with E-state index < -0.39 is 29.5 Å². The molecule has 0 N–H and O–H groups in total. The summed E-state index contributed by atoms with van der Waals surface area (Å²) in [6.45, 7) is 2.80. The number of hydrogen-bond donors (Lipinski definition) is 0. The molecule has 118 valence electrons.